The van der Waals surface area contributed by atoms with Crippen molar-refractivity contribution in [1.29, 1.82) is 0 Å². The van der Waals surface area contributed by atoms with Crippen LogP contribution in [0.2, 0.25) is 0 Å². The van der Waals surface area contributed by atoms with E-state index in [9.17, 15) is 4.79 Å². The second kappa shape index (κ2) is 7.74. The van der Waals surface area contributed by atoms with Crippen LogP contribution in [0.3, 0.4) is 0 Å². The first kappa shape index (κ1) is 15.4. The van der Waals surface area contributed by atoms with Gasteiger partial charge in [-0.2, -0.15) is 0 Å². The molecular formula is C16H23NO2. The van der Waals surface area contributed by atoms with Gasteiger partial charge in [-0.25, -0.2) is 4.79 Å². The van der Waals surface area contributed by atoms with Crippen molar-refractivity contribution in [2.45, 2.75) is 27.3 Å². The van der Waals surface area contributed by atoms with E-state index < -0.39 is 5.97 Å². The van der Waals surface area contributed by atoms with Crippen LogP contribution >= 0.6 is 0 Å². The maximum Gasteiger partial charge on any atom is 0.328 e. The lowest BCUT2D eigenvalue weighted by Crippen LogP contribution is -2.26. The minimum absolute atomic E-state index is 0.665. The van der Waals surface area contributed by atoms with Gasteiger partial charge < -0.3 is 5.11 Å². The molecule has 0 spiro atoms. The van der Waals surface area contributed by atoms with Gasteiger partial charge in [-0.05, 0) is 29.7 Å². The van der Waals surface area contributed by atoms with Crippen molar-refractivity contribution in [3.63, 3.8) is 0 Å². The summed E-state index contributed by atoms with van der Waals surface area (Å²) in [6, 6.07) is 8.03. The average molecular weight is 261 g/mol. The van der Waals surface area contributed by atoms with Gasteiger partial charge in [0.2, 0.25) is 0 Å². The molecule has 1 aromatic carbocycles. The molecule has 1 rings (SSSR count). The van der Waals surface area contributed by atoms with Gasteiger partial charge in [-0.15, -0.1) is 0 Å². The zero-order chi connectivity index (χ0) is 14.3. The highest BCUT2D eigenvalue weighted by molar-refractivity contribution is 5.85. The lowest BCUT2D eigenvalue weighted by atomic mass is 10.1. The third-order valence-electron chi connectivity index (χ3n) is 2.87. The minimum atomic E-state index is -0.918. The predicted octanol–water partition coefficient (Wildman–Crippen LogP) is 3.26. The summed E-state index contributed by atoms with van der Waals surface area (Å²) in [5, 5.41) is 8.57. The number of carbonyl (C=O) groups is 1. The molecule has 3 heteroatoms. The highest BCUT2D eigenvalue weighted by Crippen LogP contribution is 2.10. The summed E-state index contributed by atoms with van der Waals surface area (Å²) in [7, 11) is 0. The fourth-order valence-electron chi connectivity index (χ4n) is 1.98. The zero-order valence-corrected chi connectivity index (χ0v) is 12.0. The van der Waals surface area contributed by atoms with Gasteiger partial charge in [0.25, 0.3) is 0 Å². The van der Waals surface area contributed by atoms with Gasteiger partial charge in [0.05, 0.1) is 0 Å². The predicted molar refractivity (Wildman–Crippen MR) is 78.9 cm³/mol. The summed E-state index contributed by atoms with van der Waals surface area (Å²) >= 11 is 0. The van der Waals surface area contributed by atoms with Crippen molar-refractivity contribution in [2.24, 2.45) is 5.92 Å². The summed E-state index contributed by atoms with van der Waals surface area (Å²) in [5.41, 5.74) is 2.17. The van der Waals surface area contributed by atoms with Crippen LogP contribution in [-0.4, -0.2) is 29.1 Å². The summed E-state index contributed by atoms with van der Waals surface area (Å²) < 4.78 is 0. The summed E-state index contributed by atoms with van der Waals surface area (Å²) in [4.78, 5) is 12.8. The third kappa shape index (κ3) is 6.20. The van der Waals surface area contributed by atoms with Crippen LogP contribution < -0.4 is 0 Å². The van der Waals surface area contributed by atoms with Crippen LogP contribution in [0.4, 0.5) is 0 Å². The molecular weight excluding hydrogens is 238 g/mol. The van der Waals surface area contributed by atoms with E-state index in [1.807, 2.05) is 12.1 Å². The molecule has 0 aromatic heterocycles. The molecule has 0 fully saturated rings. The molecule has 0 saturated carbocycles. The fraction of sp³-hybridized carbons (Fsp3) is 0.438. The topological polar surface area (TPSA) is 40.5 Å². The molecule has 0 amide bonds. The van der Waals surface area contributed by atoms with Gasteiger partial charge in [0, 0.05) is 19.2 Å². The third-order valence-corrected chi connectivity index (χ3v) is 2.87. The van der Waals surface area contributed by atoms with E-state index in [-0.39, 0.29) is 0 Å². The Bertz CT molecular complexity index is 421. The summed E-state index contributed by atoms with van der Waals surface area (Å²) in [6.07, 6.45) is 2.77. The summed E-state index contributed by atoms with van der Waals surface area (Å²) in [6.45, 7) is 9.70. The number of aliphatic carboxylic acids is 1. The molecule has 1 aromatic rings. The van der Waals surface area contributed by atoms with Gasteiger partial charge >= 0.3 is 5.97 Å². The molecule has 19 heavy (non-hydrogen) atoms. The molecule has 0 aliphatic carbocycles. The van der Waals surface area contributed by atoms with Crippen molar-refractivity contribution >= 4 is 12.0 Å². The SMILES string of the molecule is CCN(Cc1ccc(C=CC(=O)O)cc1)CC(C)C. The molecule has 104 valence electrons. The van der Waals surface area contributed by atoms with Crippen LogP contribution in [-0.2, 0) is 11.3 Å². The molecule has 0 aliphatic heterocycles. The zero-order valence-electron chi connectivity index (χ0n) is 12.0. The number of hydrogen-bond donors (Lipinski definition) is 1. The van der Waals surface area contributed by atoms with Gasteiger partial charge in [0.1, 0.15) is 0 Å². The molecule has 0 unspecified atom stereocenters. The number of nitrogens with zero attached hydrogens (tertiary/aromatic N) is 1. The van der Waals surface area contributed by atoms with E-state index in [1.54, 1.807) is 6.08 Å². The molecule has 0 heterocycles. The van der Waals surface area contributed by atoms with Crippen molar-refractivity contribution in [3.8, 4) is 0 Å². The van der Waals surface area contributed by atoms with Crippen molar-refractivity contribution in [2.75, 3.05) is 13.1 Å². The Morgan fingerprint density at radius 2 is 1.95 bits per heavy atom. The first-order valence-electron chi connectivity index (χ1n) is 6.73. The maximum atomic E-state index is 10.4. The first-order chi connectivity index (χ1) is 9.01. The van der Waals surface area contributed by atoms with Gasteiger partial charge in [-0.3, -0.25) is 4.90 Å². The lowest BCUT2D eigenvalue weighted by molar-refractivity contribution is -0.131. The molecule has 0 saturated heterocycles. The Morgan fingerprint density at radius 1 is 1.32 bits per heavy atom. The second-order valence-corrected chi connectivity index (χ2v) is 5.13. The monoisotopic (exact) mass is 261 g/mol. The Hall–Kier alpha value is -1.61. The average Bonchev–Trinajstić information content (AvgIpc) is 2.36. The second-order valence-electron chi connectivity index (χ2n) is 5.13. The highest BCUT2D eigenvalue weighted by Gasteiger charge is 2.05. The van der Waals surface area contributed by atoms with Crippen LogP contribution in [0.1, 0.15) is 31.9 Å². The van der Waals surface area contributed by atoms with Crippen molar-refractivity contribution in [1.82, 2.24) is 4.90 Å². The Balaban J connectivity index is 2.62. The number of hydrogen-bond acceptors (Lipinski definition) is 2. The van der Waals surface area contributed by atoms with Crippen molar-refractivity contribution in [3.05, 3.63) is 41.5 Å². The number of carboxylic acids is 1. The Kier molecular flexibility index (Phi) is 6.30. The van der Waals surface area contributed by atoms with Crippen LogP contribution in [0.15, 0.2) is 30.3 Å². The van der Waals surface area contributed by atoms with Crippen molar-refractivity contribution < 1.29 is 9.90 Å². The van der Waals surface area contributed by atoms with Crippen LogP contribution in [0, 0.1) is 5.92 Å². The number of carboxylic acid groups (broad SMARTS) is 1. The largest absolute Gasteiger partial charge is 0.478 e. The number of rotatable bonds is 7. The van der Waals surface area contributed by atoms with E-state index >= 15 is 0 Å². The van der Waals surface area contributed by atoms with E-state index in [1.165, 1.54) is 5.56 Å². The summed E-state index contributed by atoms with van der Waals surface area (Å²) in [5.74, 6) is -0.254. The number of benzene rings is 1. The molecule has 0 bridgehead atoms. The lowest BCUT2D eigenvalue weighted by Gasteiger charge is -2.22. The molecule has 0 aliphatic rings. The molecule has 0 radical (unpaired) electrons. The minimum Gasteiger partial charge on any atom is -0.478 e. The van der Waals surface area contributed by atoms with E-state index in [2.05, 4.69) is 37.8 Å². The van der Waals surface area contributed by atoms with E-state index in [0.717, 1.165) is 31.3 Å². The quantitative estimate of drug-likeness (QED) is 0.766. The fourth-order valence-corrected chi connectivity index (χ4v) is 1.98. The van der Waals surface area contributed by atoms with E-state index in [4.69, 9.17) is 5.11 Å². The van der Waals surface area contributed by atoms with Gasteiger partial charge in [0.15, 0.2) is 0 Å². The Morgan fingerprint density at radius 3 is 2.42 bits per heavy atom. The van der Waals surface area contributed by atoms with E-state index in [0.29, 0.717) is 5.92 Å². The normalized spacial score (nSPS) is 11.6. The molecule has 0 atom stereocenters. The molecule has 1 N–H and O–H groups in total. The van der Waals surface area contributed by atoms with Crippen LogP contribution in [0.25, 0.3) is 6.08 Å². The Labute approximate surface area is 115 Å². The standard InChI is InChI=1S/C16H23NO2/c1-4-17(11-13(2)3)12-15-7-5-14(6-8-15)9-10-16(18)19/h5-10,13H,4,11-12H2,1-3H3,(H,18,19). The maximum absolute atomic E-state index is 10.4. The smallest absolute Gasteiger partial charge is 0.328 e. The first-order valence-corrected chi connectivity index (χ1v) is 6.73. The van der Waals surface area contributed by atoms with Crippen LogP contribution in [0.5, 0.6) is 0 Å². The van der Waals surface area contributed by atoms with Gasteiger partial charge in [-0.1, -0.05) is 45.0 Å². The highest BCUT2D eigenvalue weighted by atomic mass is 16.4. The molecule has 3 nitrogen and oxygen atoms in total.